The van der Waals surface area contributed by atoms with Crippen molar-refractivity contribution >= 4 is 52.0 Å². The van der Waals surface area contributed by atoms with Gasteiger partial charge in [-0.3, -0.25) is 24.3 Å². The van der Waals surface area contributed by atoms with Gasteiger partial charge in [-0.25, -0.2) is 14.8 Å². The van der Waals surface area contributed by atoms with Crippen LogP contribution < -0.4 is 15.5 Å². The van der Waals surface area contributed by atoms with Gasteiger partial charge in [-0.2, -0.15) is 5.10 Å². The van der Waals surface area contributed by atoms with Crippen molar-refractivity contribution in [3.63, 3.8) is 0 Å². The number of para-hydroxylation sites is 1. The van der Waals surface area contributed by atoms with Gasteiger partial charge in [0, 0.05) is 54.6 Å². The minimum atomic E-state index is -4.06. The van der Waals surface area contributed by atoms with Crippen LogP contribution in [0.3, 0.4) is 0 Å². The lowest BCUT2D eigenvalue weighted by Gasteiger charge is -2.69. The number of carboxylic acid groups (broad SMARTS) is 1. The molecular formula is C50H63N8O7PS. The molecular weight excluding hydrogens is 888 g/mol. The number of carbonyl (C=O) groups is 2. The molecule has 0 radical (unpaired) electrons. The van der Waals surface area contributed by atoms with E-state index < -0.39 is 13.6 Å². The Balaban J connectivity index is 0.851. The van der Waals surface area contributed by atoms with Crippen molar-refractivity contribution in [2.24, 2.45) is 16.2 Å². The summed E-state index contributed by atoms with van der Waals surface area (Å²) in [5.41, 5.74) is 5.45. The lowest BCUT2D eigenvalue weighted by molar-refractivity contribution is -0.249. The summed E-state index contributed by atoms with van der Waals surface area (Å²) in [6.45, 7) is 12.5. The Labute approximate surface area is 395 Å². The number of hydrogen-bond acceptors (Lipinski definition) is 11. The molecule has 3 aromatic heterocycles. The van der Waals surface area contributed by atoms with Gasteiger partial charge in [-0.05, 0) is 148 Å². The number of amides is 1. The average Bonchev–Trinajstić information content (AvgIpc) is 3.85. The first-order valence-corrected chi connectivity index (χ1v) is 26.5. The van der Waals surface area contributed by atoms with E-state index in [1.165, 1.54) is 17.8 Å². The Hall–Kier alpha value is -4.54. The zero-order valence-corrected chi connectivity index (χ0v) is 40.5. The molecule has 1 amide bonds. The van der Waals surface area contributed by atoms with Crippen LogP contribution in [0.5, 0.6) is 0 Å². The standard InChI is InChI=1S/C50H63N8O7PS/c1-33-38(36-12-13-42(54-43(36)45(60)61)57-20-16-34-8-6-9-37(39(34)25-57)44(59)55-46-53-40-10-4-5-11-41(40)67-46)24-52-58(33)32-49-27-47(2)26-48(3,28-49)30-50(29-47,31-49)65-22-21-56(19-7-23-66(62,63)64)35-14-17-51-18-15-35/h4-6,8-13,24,35,51H,7,14-23,25-32H2,1-3H3,(H,60,61)(H,53,55,59)(H2,62,63,64). The highest BCUT2D eigenvalue weighted by atomic mass is 32.1. The molecule has 4 bridgehead atoms. The number of anilines is 2. The van der Waals surface area contributed by atoms with Crippen LogP contribution in [0.4, 0.5) is 10.9 Å². The highest BCUT2D eigenvalue weighted by molar-refractivity contribution is 7.51. The second-order valence-electron chi connectivity index (χ2n) is 21.2. The van der Waals surface area contributed by atoms with Crippen molar-refractivity contribution in [1.82, 2.24) is 30.0 Å². The number of carbonyl (C=O) groups excluding carboxylic acids is 1. The maximum Gasteiger partial charge on any atom is 0.355 e. The van der Waals surface area contributed by atoms with Gasteiger partial charge in [0.2, 0.25) is 0 Å². The van der Waals surface area contributed by atoms with Crippen molar-refractivity contribution in [1.29, 1.82) is 0 Å². The number of aromatic carboxylic acids is 1. The van der Waals surface area contributed by atoms with Crippen LogP contribution >= 0.6 is 18.9 Å². The summed E-state index contributed by atoms with van der Waals surface area (Å²) >= 11 is 1.43. The third kappa shape index (κ3) is 9.60. The number of hydrogen-bond donors (Lipinski definition) is 5. The quantitative estimate of drug-likeness (QED) is 0.0596. The average molecular weight is 951 g/mol. The first-order valence-electron chi connectivity index (χ1n) is 23.9. The van der Waals surface area contributed by atoms with E-state index in [9.17, 15) is 29.0 Å². The summed E-state index contributed by atoms with van der Waals surface area (Å²) in [6.07, 6.45) is 11.2. The number of pyridine rings is 1. The van der Waals surface area contributed by atoms with Crippen molar-refractivity contribution < 1.29 is 33.8 Å². The second-order valence-corrected chi connectivity index (χ2v) is 24.0. The number of piperidine rings is 1. The third-order valence-electron chi connectivity index (χ3n) is 15.5. The Morgan fingerprint density at radius 1 is 0.955 bits per heavy atom. The maximum absolute atomic E-state index is 13.7. The summed E-state index contributed by atoms with van der Waals surface area (Å²) < 4.78 is 21.9. The van der Waals surface area contributed by atoms with Crippen LogP contribution in [-0.2, 0) is 28.8 Å². The Bertz CT molecular complexity index is 2700. The number of fused-ring (bicyclic) bond motifs is 2. The molecule has 67 heavy (non-hydrogen) atoms. The Morgan fingerprint density at radius 3 is 2.48 bits per heavy atom. The van der Waals surface area contributed by atoms with E-state index in [0.717, 1.165) is 97.2 Å². The van der Waals surface area contributed by atoms with E-state index in [-0.39, 0.29) is 39.6 Å². The summed E-state index contributed by atoms with van der Waals surface area (Å²) in [4.78, 5) is 59.7. The molecule has 15 nitrogen and oxygen atoms in total. The highest BCUT2D eigenvalue weighted by Crippen LogP contribution is 2.72. The first kappa shape index (κ1) is 46.2. The van der Waals surface area contributed by atoms with Gasteiger partial charge in [-0.15, -0.1) is 0 Å². The molecule has 5 fully saturated rings. The zero-order chi connectivity index (χ0) is 46.8. The van der Waals surface area contributed by atoms with Crippen LogP contribution in [0.25, 0.3) is 21.3 Å². The maximum atomic E-state index is 13.7. The van der Waals surface area contributed by atoms with E-state index in [0.29, 0.717) is 73.7 Å². The lowest BCUT2D eigenvalue weighted by Crippen LogP contribution is -2.64. The fraction of sp³-hybridized carbons (Fsp3) is 0.540. The molecule has 356 valence electrons. The largest absolute Gasteiger partial charge is 0.476 e. The molecule has 4 saturated carbocycles. The number of carboxylic acids is 1. The summed E-state index contributed by atoms with van der Waals surface area (Å²) in [6, 6.07) is 17.7. The van der Waals surface area contributed by atoms with Gasteiger partial charge in [0.15, 0.2) is 10.8 Å². The lowest BCUT2D eigenvalue weighted by atomic mass is 9.39. The summed E-state index contributed by atoms with van der Waals surface area (Å²) in [7, 11) is -4.06. The molecule has 0 spiro atoms. The van der Waals surface area contributed by atoms with Gasteiger partial charge in [0.1, 0.15) is 5.82 Å². The van der Waals surface area contributed by atoms with Gasteiger partial charge in [-0.1, -0.05) is 49.4 Å². The van der Waals surface area contributed by atoms with E-state index >= 15 is 0 Å². The molecule has 2 atom stereocenters. The molecule has 1 saturated heterocycles. The number of thiazole rings is 1. The Morgan fingerprint density at radius 2 is 1.73 bits per heavy atom. The normalized spacial score (nSPS) is 26.1. The molecule has 5 heterocycles. The van der Waals surface area contributed by atoms with Crippen LogP contribution in [0.1, 0.15) is 109 Å². The SMILES string of the molecule is Cc1c(-c2ccc(N3CCc4cccc(C(=O)Nc5nc6ccccc6s5)c4C3)nc2C(=O)O)cnn1CC12CC3(C)CC(C)(C1)CC(OCCN(CCCP(=O)(O)O)C1CCNCC1)(C3)C2. The molecule has 5 aromatic rings. The van der Waals surface area contributed by atoms with Crippen molar-refractivity contribution in [3.05, 3.63) is 88.9 Å². The predicted octanol–water partition coefficient (Wildman–Crippen LogP) is 8.13. The van der Waals surface area contributed by atoms with Crippen molar-refractivity contribution in [2.75, 3.05) is 55.7 Å². The number of benzene rings is 2. The summed E-state index contributed by atoms with van der Waals surface area (Å²) in [5.74, 6) is -0.804. The van der Waals surface area contributed by atoms with Crippen molar-refractivity contribution in [2.45, 2.75) is 110 Å². The van der Waals surface area contributed by atoms with Crippen LogP contribution in [0.15, 0.2) is 60.8 Å². The minimum absolute atomic E-state index is 0.0322. The molecule has 4 aliphatic carbocycles. The number of nitrogens with one attached hydrogen (secondary N) is 2. The monoisotopic (exact) mass is 950 g/mol. The van der Waals surface area contributed by atoms with E-state index in [1.807, 2.05) is 66.4 Å². The number of aromatic nitrogens is 4. The van der Waals surface area contributed by atoms with Crippen LogP contribution in [0.2, 0.25) is 0 Å². The second kappa shape index (κ2) is 17.8. The predicted molar refractivity (Wildman–Crippen MR) is 260 cm³/mol. The molecule has 6 aliphatic rings. The van der Waals surface area contributed by atoms with E-state index in [2.05, 4.69) is 39.0 Å². The molecule has 2 aromatic carbocycles. The molecule has 11 rings (SSSR count). The van der Waals surface area contributed by atoms with Crippen LogP contribution in [0, 0.1) is 23.2 Å². The Kier molecular flexibility index (Phi) is 12.2. The number of rotatable bonds is 16. The number of ether oxygens (including phenoxy) is 1. The highest BCUT2D eigenvalue weighted by Gasteiger charge is 2.66. The van der Waals surface area contributed by atoms with Gasteiger partial charge >= 0.3 is 13.6 Å². The fourth-order valence-corrected chi connectivity index (χ4v) is 15.3. The smallest absolute Gasteiger partial charge is 0.355 e. The molecule has 17 heteroatoms. The molecule has 2 aliphatic heterocycles. The van der Waals surface area contributed by atoms with E-state index in [1.54, 1.807) is 6.20 Å². The molecule has 2 unspecified atom stereocenters. The topological polar surface area (TPSA) is 195 Å². The minimum Gasteiger partial charge on any atom is -0.476 e. The van der Waals surface area contributed by atoms with Gasteiger partial charge in [0.25, 0.3) is 5.91 Å². The first-order chi connectivity index (χ1) is 32.0. The van der Waals surface area contributed by atoms with Gasteiger partial charge in [0.05, 0.1) is 34.8 Å². The van der Waals surface area contributed by atoms with Gasteiger partial charge < -0.3 is 29.8 Å². The molecule has 5 N–H and O–H groups in total. The zero-order valence-electron chi connectivity index (χ0n) is 38.8. The fourth-order valence-electron chi connectivity index (χ4n) is 13.9. The van der Waals surface area contributed by atoms with E-state index in [4.69, 9.17) is 14.8 Å². The number of nitrogens with zero attached hydrogens (tertiary/aromatic N) is 6. The third-order valence-corrected chi connectivity index (χ3v) is 17.3. The van der Waals surface area contributed by atoms with Crippen LogP contribution in [-0.4, -0.2) is 109 Å². The van der Waals surface area contributed by atoms with Crippen molar-refractivity contribution in [3.8, 4) is 11.1 Å². The summed E-state index contributed by atoms with van der Waals surface area (Å²) in [5, 5.41) is 22.6.